The van der Waals surface area contributed by atoms with Gasteiger partial charge in [-0.25, -0.2) is 13.4 Å². The molecule has 0 bridgehead atoms. The Balaban J connectivity index is 1.76. The summed E-state index contributed by atoms with van der Waals surface area (Å²) in [5, 5.41) is 0. The lowest BCUT2D eigenvalue weighted by atomic mass is 9.62. The first-order valence-corrected chi connectivity index (χ1v) is 9.86. The van der Waals surface area contributed by atoms with Crippen LogP contribution in [0.3, 0.4) is 0 Å². The van der Waals surface area contributed by atoms with Crippen LogP contribution in [0.15, 0.2) is 21.6 Å². The van der Waals surface area contributed by atoms with Crippen LogP contribution in [0.4, 0.5) is 0 Å². The standard InChI is InChI=1S/C15H21BrN2O4S/c1-21-12-8-15(9-12)3-5-18(6-4-15)23(19,20)13-7-11(16)10-17-14(13)22-2/h7,10,12H,3-6,8-9H2,1-2H3. The smallest absolute Gasteiger partial charge is 0.248 e. The predicted molar refractivity (Wildman–Crippen MR) is 88.9 cm³/mol. The van der Waals surface area contributed by atoms with Gasteiger partial charge in [-0.15, -0.1) is 0 Å². The zero-order valence-electron chi connectivity index (χ0n) is 13.3. The first-order valence-electron chi connectivity index (χ1n) is 7.63. The van der Waals surface area contributed by atoms with Crippen LogP contribution in [0.1, 0.15) is 25.7 Å². The van der Waals surface area contributed by atoms with Crippen LogP contribution in [0, 0.1) is 5.41 Å². The SMILES string of the molecule is COc1ncc(Br)cc1S(=O)(=O)N1CCC2(CC1)CC(OC)C2. The Morgan fingerprint density at radius 3 is 2.52 bits per heavy atom. The summed E-state index contributed by atoms with van der Waals surface area (Å²) >= 11 is 3.28. The first-order chi connectivity index (χ1) is 10.9. The van der Waals surface area contributed by atoms with Crippen LogP contribution < -0.4 is 4.74 Å². The number of hydrogen-bond acceptors (Lipinski definition) is 5. The van der Waals surface area contributed by atoms with Crippen LogP contribution in [0.2, 0.25) is 0 Å². The molecule has 6 nitrogen and oxygen atoms in total. The summed E-state index contributed by atoms with van der Waals surface area (Å²) in [5.74, 6) is 0.136. The van der Waals surface area contributed by atoms with Gasteiger partial charge in [0, 0.05) is 30.9 Å². The summed E-state index contributed by atoms with van der Waals surface area (Å²) in [6.07, 6.45) is 5.72. The van der Waals surface area contributed by atoms with Crippen molar-refractivity contribution < 1.29 is 17.9 Å². The molecular formula is C15H21BrN2O4S. The van der Waals surface area contributed by atoms with Crippen molar-refractivity contribution in [1.29, 1.82) is 0 Å². The van der Waals surface area contributed by atoms with E-state index in [4.69, 9.17) is 9.47 Å². The van der Waals surface area contributed by atoms with Crippen molar-refractivity contribution in [3.63, 3.8) is 0 Å². The molecule has 1 saturated heterocycles. The van der Waals surface area contributed by atoms with Crippen molar-refractivity contribution in [2.75, 3.05) is 27.3 Å². The number of nitrogens with zero attached hydrogens (tertiary/aromatic N) is 2. The summed E-state index contributed by atoms with van der Waals surface area (Å²) in [6.45, 7) is 1.07. The van der Waals surface area contributed by atoms with E-state index in [1.54, 1.807) is 17.5 Å². The molecular weight excluding hydrogens is 384 g/mol. The van der Waals surface area contributed by atoms with Crippen LogP contribution in [0.25, 0.3) is 0 Å². The topological polar surface area (TPSA) is 68.7 Å². The van der Waals surface area contributed by atoms with Gasteiger partial charge in [0.15, 0.2) is 0 Å². The van der Waals surface area contributed by atoms with E-state index in [2.05, 4.69) is 20.9 Å². The number of methoxy groups -OCH3 is 2. The first kappa shape index (κ1) is 17.1. The molecule has 1 aromatic rings. The van der Waals surface area contributed by atoms with Crippen molar-refractivity contribution in [1.82, 2.24) is 9.29 Å². The van der Waals surface area contributed by atoms with Crippen molar-refractivity contribution >= 4 is 26.0 Å². The highest BCUT2D eigenvalue weighted by Gasteiger charge is 2.47. The maximum atomic E-state index is 12.9. The molecule has 2 aliphatic rings. The van der Waals surface area contributed by atoms with Gasteiger partial charge in [-0.05, 0) is 53.1 Å². The summed E-state index contributed by atoms with van der Waals surface area (Å²) < 4.78 is 38.5. The molecule has 0 atom stereocenters. The van der Waals surface area contributed by atoms with Gasteiger partial charge >= 0.3 is 0 Å². The second-order valence-electron chi connectivity index (χ2n) is 6.33. The number of ether oxygens (including phenoxy) is 2. The van der Waals surface area contributed by atoms with Gasteiger partial charge in [0.2, 0.25) is 15.9 Å². The molecule has 0 amide bonds. The van der Waals surface area contributed by atoms with Crippen LogP contribution in [0.5, 0.6) is 5.88 Å². The molecule has 23 heavy (non-hydrogen) atoms. The number of sulfonamides is 1. The third-order valence-electron chi connectivity index (χ3n) is 5.03. The minimum absolute atomic E-state index is 0.119. The zero-order valence-corrected chi connectivity index (χ0v) is 15.7. The zero-order chi connectivity index (χ0) is 16.7. The average molecular weight is 405 g/mol. The van der Waals surface area contributed by atoms with Crippen LogP contribution in [-0.2, 0) is 14.8 Å². The van der Waals surface area contributed by atoms with E-state index in [0.717, 1.165) is 25.7 Å². The molecule has 3 rings (SSSR count). The van der Waals surface area contributed by atoms with Gasteiger partial charge in [-0.3, -0.25) is 0 Å². The van der Waals surface area contributed by atoms with E-state index in [0.29, 0.717) is 23.7 Å². The van der Waals surface area contributed by atoms with Crippen LogP contribution >= 0.6 is 15.9 Å². The summed E-state index contributed by atoms with van der Waals surface area (Å²) in [4.78, 5) is 4.16. The van der Waals surface area contributed by atoms with E-state index in [9.17, 15) is 8.42 Å². The molecule has 1 spiro atoms. The second kappa shape index (κ2) is 6.31. The van der Waals surface area contributed by atoms with Crippen LogP contribution in [-0.4, -0.2) is 51.1 Å². The van der Waals surface area contributed by atoms with Gasteiger partial charge in [0.25, 0.3) is 0 Å². The second-order valence-corrected chi connectivity index (χ2v) is 9.15. The molecule has 128 valence electrons. The molecule has 8 heteroatoms. The fourth-order valence-corrected chi connectivity index (χ4v) is 5.62. The number of hydrogen-bond donors (Lipinski definition) is 0. The number of pyridine rings is 1. The van der Waals surface area contributed by atoms with Crippen molar-refractivity contribution in [3.05, 3.63) is 16.7 Å². The number of piperidine rings is 1. The minimum Gasteiger partial charge on any atom is -0.480 e. The van der Waals surface area contributed by atoms with Gasteiger partial charge < -0.3 is 9.47 Å². The fraction of sp³-hybridized carbons (Fsp3) is 0.667. The van der Waals surface area contributed by atoms with E-state index in [1.165, 1.54) is 13.3 Å². The molecule has 0 aromatic carbocycles. The highest BCUT2D eigenvalue weighted by Crippen LogP contribution is 2.50. The lowest BCUT2D eigenvalue weighted by molar-refractivity contribution is -0.0804. The third kappa shape index (κ3) is 3.14. The van der Waals surface area contributed by atoms with Gasteiger partial charge in [0.05, 0.1) is 13.2 Å². The van der Waals surface area contributed by atoms with Crippen molar-refractivity contribution in [2.24, 2.45) is 5.41 Å². The Morgan fingerprint density at radius 2 is 1.96 bits per heavy atom. The Hall–Kier alpha value is -0.700. The minimum atomic E-state index is -3.60. The molecule has 1 saturated carbocycles. The van der Waals surface area contributed by atoms with Crippen molar-refractivity contribution in [2.45, 2.75) is 36.7 Å². The lowest BCUT2D eigenvalue weighted by Gasteiger charge is -2.51. The molecule has 0 unspecified atom stereocenters. The summed E-state index contributed by atoms with van der Waals surface area (Å²) in [7, 11) is -0.426. The average Bonchev–Trinajstić information content (AvgIpc) is 2.52. The highest BCUT2D eigenvalue weighted by atomic mass is 79.9. The normalized spacial score (nSPS) is 22.0. The van der Waals surface area contributed by atoms with E-state index in [-0.39, 0.29) is 16.2 Å². The molecule has 1 aliphatic carbocycles. The molecule has 2 fully saturated rings. The maximum absolute atomic E-state index is 12.9. The molecule has 1 aliphatic heterocycles. The molecule has 0 N–H and O–H groups in total. The monoisotopic (exact) mass is 404 g/mol. The van der Waals surface area contributed by atoms with Crippen molar-refractivity contribution in [3.8, 4) is 5.88 Å². The van der Waals surface area contributed by atoms with Gasteiger partial charge in [0.1, 0.15) is 4.90 Å². The maximum Gasteiger partial charge on any atom is 0.248 e. The Bertz CT molecular complexity index is 679. The van der Waals surface area contributed by atoms with E-state index < -0.39 is 10.0 Å². The third-order valence-corrected chi connectivity index (χ3v) is 7.36. The summed E-state index contributed by atoms with van der Waals surface area (Å²) in [6, 6.07) is 1.55. The van der Waals surface area contributed by atoms with Gasteiger partial charge in [-0.1, -0.05) is 0 Å². The summed E-state index contributed by atoms with van der Waals surface area (Å²) in [5.41, 5.74) is 0.270. The lowest BCUT2D eigenvalue weighted by Crippen LogP contribution is -2.50. The number of halogens is 1. The Kier molecular flexibility index (Phi) is 4.70. The largest absolute Gasteiger partial charge is 0.480 e. The molecule has 1 aromatic heterocycles. The number of rotatable bonds is 4. The van der Waals surface area contributed by atoms with Gasteiger partial charge in [-0.2, -0.15) is 4.31 Å². The number of aromatic nitrogens is 1. The molecule has 0 radical (unpaired) electrons. The molecule has 2 heterocycles. The Morgan fingerprint density at radius 1 is 1.30 bits per heavy atom. The van der Waals surface area contributed by atoms with E-state index in [1.807, 2.05) is 0 Å². The Labute approximate surface area is 145 Å². The highest BCUT2D eigenvalue weighted by molar-refractivity contribution is 9.10. The fourth-order valence-electron chi connectivity index (χ4n) is 3.57. The quantitative estimate of drug-likeness (QED) is 0.770. The van der Waals surface area contributed by atoms with E-state index >= 15 is 0 Å². The predicted octanol–water partition coefficient (Wildman–Crippen LogP) is 2.43.